The lowest BCUT2D eigenvalue weighted by molar-refractivity contribution is 0.116. The predicted octanol–water partition coefficient (Wildman–Crippen LogP) is 2.31. The normalized spacial score (nSPS) is 11.4. The molecule has 0 unspecified atom stereocenters. The van der Waals surface area contributed by atoms with Crippen molar-refractivity contribution in [1.82, 2.24) is 15.2 Å². The third-order valence-corrected chi connectivity index (χ3v) is 3.65. The van der Waals surface area contributed by atoms with Gasteiger partial charge in [0.2, 0.25) is 0 Å². The molecule has 0 aliphatic carbocycles. The maximum absolute atomic E-state index is 5.22. The lowest BCUT2D eigenvalue weighted by atomic mass is 10.1. The Bertz CT molecular complexity index is 328. The van der Waals surface area contributed by atoms with Crippen LogP contribution in [0, 0.1) is 0 Å². The zero-order chi connectivity index (χ0) is 14.6. The van der Waals surface area contributed by atoms with Gasteiger partial charge in [-0.3, -0.25) is 9.88 Å². The standard InChI is InChI=1S/C16H29N3O/c1-4-16(5-2)19(12-13-20-3)11-10-17-14-15-8-6-7-9-18-15/h6-9,16-17H,4-5,10-14H2,1-3H3. The highest BCUT2D eigenvalue weighted by atomic mass is 16.5. The smallest absolute Gasteiger partial charge is 0.0589 e. The van der Waals surface area contributed by atoms with E-state index in [1.807, 2.05) is 18.3 Å². The van der Waals surface area contributed by atoms with E-state index in [0.29, 0.717) is 6.04 Å². The number of ether oxygens (including phenoxy) is 1. The molecular formula is C16H29N3O. The van der Waals surface area contributed by atoms with E-state index < -0.39 is 0 Å². The first-order valence-electron chi connectivity index (χ1n) is 7.65. The van der Waals surface area contributed by atoms with Gasteiger partial charge in [-0.1, -0.05) is 19.9 Å². The fourth-order valence-electron chi connectivity index (χ4n) is 2.43. The summed E-state index contributed by atoms with van der Waals surface area (Å²) in [7, 11) is 1.77. The molecule has 1 aromatic rings. The van der Waals surface area contributed by atoms with Crippen LogP contribution in [0.1, 0.15) is 32.4 Å². The van der Waals surface area contributed by atoms with Gasteiger partial charge in [0, 0.05) is 45.5 Å². The molecule has 114 valence electrons. The summed E-state index contributed by atoms with van der Waals surface area (Å²) < 4.78 is 5.22. The molecule has 0 saturated carbocycles. The Kier molecular flexibility index (Phi) is 9.20. The first-order valence-corrected chi connectivity index (χ1v) is 7.65. The summed E-state index contributed by atoms with van der Waals surface area (Å²) in [5, 5.41) is 3.47. The Balaban J connectivity index is 2.30. The summed E-state index contributed by atoms with van der Waals surface area (Å²) in [6, 6.07) is 6.68. The molecular weight excluding hydrogens is 250 g/mol. The highest BCUT2D eigenvalue weighted by molar-refractivity contribution is 5.02. The number of pyridine rings is 1. The molecule has 0 radical (unpaired) electrons. The van der Waals surface area contributed by atoms with Crippen LogP contribution in [0.4, 0.5) is 0 Å². The fourth-order valence-corrected chi connectivity index (χ4v) is 2.43. The number of rotatable bonds is 11. The number of methoxy groups -OCH3 is 1. The van der Waals surface area contributed by atoms with Crippen molar-refractivity contribution >= 4 is 0 Å². The predicted molar refractivity (Wildman–Crippen MR) is 83.8 cm³/mol. The van der Waals surface area contributed by atoms with E-state index >= 15 is 0 Å². The van der Waals surface area contributed by atoms with Crippen LogP contribution in [0.2, 0.25) is 0 Å². The molecule has 0 aromatic carbocycles. The van der Waals surface area contributed by atoms with Crippen molar-refractivity contribution < 1.29 is 4.74 Å². The van der Waals surface area contributed by atoms with Crippen LogP contribution in [0.15, 0.2) is 24.4 Å². The molecule has 1 aromatic heterocycles. The van der Waals surface area contributed by atoms with E-state index in [0.717, 1.165) is 38.5 Å². The Labute approximate surface area is 123 Å². The van der Waals surface area contributed by atoms with Crippen molar-refractivity contribution in [3.8, 4) is 0 Å². The van der Waals surface area contributed by atoms with Crippen LogP contribution in [0.5, 0.6) is 0 Å². The van der Waals surface area contributed by atoms with Gasteiger partial charge in [0.15, 0.2) is 0 Å². The molecule has 0 spiro atoms. The molecule has 0 amide bonds. The zero-order valence-corrected chi connectivity index (χ0v) is 13.1. The van der Waals surface area contributed by atoms with Gasteiger partial charge in [0.1, 0.15) is 0 Å². The molecule has 0 aliphatic rings. The second-order valence-corrected chi connectivity index (χ2v) is 5.00. The average Bonchev–Trinajstić information content (AvgIpc) is 2.50. The van der Waals surface area contributed by atoms with Crippen LogP contribution >= 0.6 is 0 Å². The first kappa shape index (κ1) is 17.1. The van der Waals surface area contributed by atoms with E-state index in [-0.39, 0.29) is 0 Å². The minimum absolute atomic E-state index is 0.654. The molecule has 0 fully saturated rings. The maximum atomic E-state index is 5.22. The van der Waals surface area contributed by atoms with Gasteiger partial charge in [-0.2, -0.15) is 0 Å². The van der Waals surface area contributed by atoms with Crippen LogP contribution in [0.25, 0.3) is 0 Å². The Morgan fingerprint density at radius 2 is 2.05 bits per heavy atom. The largest absolute Gasteiger partial charge is 0.383 e. The summed E-state index contributed by atoms with van der Waals surface area (Å²) in [6.45, 7) is 9.20. The van der Waals surface area contributed by atoms with E-state index in [2.05, 4.69) is 35.1 Å². The average molecular weight is 279 g/mol. The number of aromatic nitrogens is 1. The first-order chi connectivity index (χ1) is 9.81. The van der Waals surface area contributed by atoms with Gasteiger partial charge in [-0.25, -0.2) is 0 Å². The molecule has 0 saturated heterocycles. The van der Waals surface area contributed by atoms with Crippen LogP contribution < -0.4 is 5.32 Å². The summed E-state index contributed by atoms with van der Waals surface area (Å²) in [6.07, 6.45) is 4.23. The lowest BCUT2D eigenvalue weighted by Gasteiger charge is -2.30. The van der Waals surface area contributed by atoms with Crippen molar-refractivity contribution in [2.24, 2.45) is 0 Å². The van der Waals surface area contributed by atoms with Crippen molar-refractivity contribution in [3.05, 3.63) is 30.1 Å². The fraction of sp³-hybridized carbons (Fsp3) is 0.688. The molecule has 1 rings (SSSR count). The van der Waals surface area contributed by atoms with E-state index in [9.17, 15) is 0 Å². The highest BCUT2D eigenvalue weighted by Gasteiger charge is 2.13. The number of nitrogens with one attached hydrogen (secondary N) is 1. The maximum Gasteiger partial charge on any atom is 0.0589 e. The van der Waals surface area contributed by atoms with Crippen molar-refractivity contribution in [1.29, 1.82) is 0 Å². The molecule has 1 heterocycles. The summed E-state index contributed by atoms with van der Waals surface area (Å²) in [5.74, 6) is 0. The van der Waals surface area contributed by atoms with E-state index in [1.165, 1.54) is 12.8 Å². The van der Waals surface area contributed by atoms with E-state index in [1.54, 1.807) is 7.11 Å². The van der Waals surface area contributed by atoms with Gasteiger partial charge in [0.25, 0.3) is 0 Å². The third-order valence-electron chi connectivity index (χ3n) is 3.65. The number of nitrogens with zero attached hydrogens (tertiary/aromatic N) is 2. The molecule has 0 aliphatic heterocycles. The van der Waals surface area contributed by atoms with Gasteiger partial charge >= 0.3 is 0 Å². The van der Waals surface area contributed by atoms with Gasteiger partial charge in [0.05, 0.1) is 12.3 Å². The second-order valence-electron chi connectivity index (χ2n) is 5.00. The molecule has 20 heavy (non-hydrogen) atoms. The minimum atomic E-state index is 0.654. The Morgan fingerprint density at radius 3 is 2.65 bits per heavy atom. The topological polar surface area (TPSA) is 37.4 Å². The number of hydrogen-bond donors (Lipinski definition) is 1. The van der Waals surface area contributed by atoms with Gasteiger partial charge < -0.3 is 10.1 Å². The van der Waals surface area contributed by atoms with Crippen molar-refractivity contribution in [2.75, 3.05) is 33.4 Å². The summed E-state index contributed by atoms with van der Waals surface area (Å²) in [4.78, 5) is 6.84. The number of hydrogen-bond acceptors (Lipinski definition) is 4. The van der Waals surface area contributed by atoms with E-state index in [4.69, 9.17) is 4.74 Å². The molecule has 0 bridgehead atoms. The van der Waals surface area contributed by atoms with Gasteiger partial charge in [-0.05, 0) is 25.0 Å². The van der Waals surface area contributed by atoms with Crippen LogP contribution in [0.3, 0.4) is 0 Å². The molecule has 4 nitrogen and oxygen atoms in total. The molecule has 4 heteroatoms. The minimum Gasteiger partial charge on any atom is -0.383 e. The quantitative estimate of drug-likeness (QED) is 0.631. The highest BCUT2D eigenvalue weighted by Crippen LogP contribution is 2.07. The molecule has 0 atom stereocenters. The van der Waals surface area contributed by atoms with Crippen molar-refractivity contribution in [3.63, 3.8) is 0 Å². The zero-order valence-electron chi connectivity index (χ0n) is 13.1. The third kappa shape index (κ3) is 6.46. The SMILES string of the molecule is CCC(CC)N(CCNCc1ccccn1)CCOC. The van der Waals surface area contributed by atoms with Crippen molar-refractivity contribution in [2.45, 2.75) is 39.3 Å². The Hall–Kier alpha value is -0.970. The summed E-state index contributed by atoms with van der Waals surface area (Å²) >= 11 is 0. The lowest BCUT2D eigenvalue weighted by Crippen LogP contribution is -2.41. The Morgan fingerprint density at radius 1 is 1.25 bits per heavy atom. The second kappa shape index (κ2) is 10.8. The van der Waals surface area contributed by atoms with Crippen LogP contribution in [-0.2, 0) is 11.3 Å². The van der Waals surface area contributed by atoms with Gasteiger partial charge in [-0.15, -0.1) is 0 Å². The monoisotopic (exact) mass is 279 g/mol. The summed E-state index contributed by atoms with van der Waals surface area (Å²) in [5.41, 5.74) is 1.10. The van der Waals surface area contributed by atoms with Crippen LogP contribution in [-0.4, -0.2) is 49.3 Å². The molecule has 1 N–H and O–H groups in total.